The van der Waals surface area contributed by atoms with E-state index in [2.05, 4.69) is 62.3 Å². The molecule has 1 N–H and O–H groups in total. The molecule has 0 aliphatic carbocycles. The molecule has 0 spiro atoms. The molecular formula is C22H46O4. The molecule has 0 amide bonds. The highest BCUT2D eigenvalue weighted by Crippen LogP contribution is 2.38. The molecule has 1 atom stereocenters. The van der Waals surface area contributed by atoms with Gasteiger partial charge in [0.05, 0.1) is 36.1 Å². The first kappa shape index (κ1) is 25.8. The Morgan fingerprint density at radius 3 is 1.77 bits per heavy atom. The lowest BCUT2D eigenvalue weighted by Crippen LogP contribution is -2.45. The molecule has 0 fully saturated rings. The van der Waals surface area contributed by atoms with Gasteiger partial charge in [0.25, 0.3) is 0 Å². The van der Waals surface area contributed by atoms with E-state index in [0.29, 0.717) is 19.6 Å². The Morgan fingerprint density at radius 2 is 1.31 bits per heavy atom. The molecule has 0 aliphatic rings. The summed E-state index contributed by atoms with van der Waals surface area (Å²) in [4.78, 5) is 0. The molecule has 0 aromatic carbocycles. The molecule has 0 aromatic rings. The van der Waals surface area contributed by atoms with Crippen molar-refractivity contribution in [1.82, 2.24) is 0 Å². The lowest BCUT2D eigenvalue weighted by Gasteiger charge is -2.43. The van der Waals surface area contributed by atoms with Crippen LogP contribution in [0.5, 0.6) is 0 Å². The van der Waals surface area contributed by atoms with Crippen molar-refractivity contribution in [2.45, 2.75) is 112 Å². The van der Waals surface area contributed by atoms with E-state index in [4.69, 9.17) is 14.2 Å². The Morgan fingerprint density at radius 1 is 0.769 bits per heavy atom. The molecule has 1 unspecified atom stereocenters. The van der Waals surface area contributed by atoms with Crippen LogP contribution in [-0.2, 0) is 14.2 Å². The van der Waals surface area contributed by atoms with Gasteiger partial charge in [-0.2, -0.15) is 0 Å². The van der Waals surface area contributed by atoms with E-state index in [9.17, 15) is 5.11 Å². The normalized spacial score (nSPS) is 15.6. The lowest BCUT2D eigenvalue weighted by molar-refractivity contribution is -0.148. The van der Waals surface area contributed by atoms with E-state index in [1.807, 2.05) is 13.8 Å². The summed E-state index contributed by atoms with van der Waals surface area (Å²) in [6.07, 6.45) is 1.84. The van der Waals surface area contributed by atoms with Gasteiger partial charge in [0.2, 0.25) is 0 Å². The van der Waals surface area contributed by atoms with Crippen LogP contribution in [0.2, 0.25) is 0 Å². The van der Waals surface area contributed by atoms with Gasteiger partial charge in [0.15, 0.2) is 0 Å². The van der Waals surface area contributed by atoms with Gasteiger partial charge in [0.1, 0.15) is 0 Å². The average Bonchev–Trinajstić information content (AvgIpc) is 2.42. The maximum Gasteiger partial charge on any atom is 0.0678 e. The predicted octanol–water partition coefficient (Wildman–Crippen LogP) is 5.22. The summed E-state index contributed by atoms with van der Waals surface area (Å²) < 4.78 is 18.1. The highest BCUT2D eigenvalue weighted by Gasteiger charge is 2.39. The van der Waals surface area contributed by atoms with Gasteiger partial charge in [-0.25, -0.2) is 0 Å². The molecule has 158 valence electrons. The van der Waals surface area contributed by atoms with E-state index in [1.165, 1.54) is 0 Å². The van der Waals surface area contributed by atoms with Gasteiger partial charge in [-0.15, -0.1) is 0 Å². The Kier molecular flexibility index (Phi) is 9.80. The van der Waals surface area contributed by atoms with Crippen molar-refractivity contribution in [2.75, 3.05) is 19.8 Å². The molecular weight excluding hydrogens is 328 g/mol. The van der Waals surface area contributed by atoms with E-state index in [-0.39, 0.29) is 28.6 Å². The first-order valence-electron chi connectivity index (χ1n) is 10.1. The summed E-state index contributed by atoms with van der Waals surface area (Å²) in [6, 6.07) is 0. The molecule has 0 heterocycles. The highest BCUT2D eigenvalue weighted by atomic mass is 16.5. The summed E-state index contributed by atoms with van der Waals surface area (Å²) in [5.74, 6) is 0.242. The van der Waals surface area contributed by atoms with Gasteiger partial charge < -0.3 is 19.3 Å². The van der Waals surface area contributed by atoms with E-state index in [1.54, 1.807) is 0 Å². The Balaban J connectivity index is 4.57. The fraction of sp³-hybridized carbons (Fsp3) is 1.00. The third-order valence-electron chi connectivity index (χ3n) is 5.88. The molecule has 4 heteroatoms. The molecule has 0 bridgehead atoms. The minimum Gasteiger partial charge on any atom is -0.390 e. The van der Waals surface area contributed by atoms with Crippen molar-refractivity contribution >= 4 is 0 Å². The Labute approximate surface area is 163 Å². The van der Waals surface area contributed by atoms with E-state index >= 15 is 0 Å². The van der Waals surface area contributed by atoms with Crippen LogP contribution >= 0.6 is 0 Å². The second-order valence-corrected chi connectivity index (χ2v) is 10.3. The molecule has 4 nitrogen and oxygen atoms in total. The van der Waals surface area contributed by atoms with E-state index < -0.39 is 5.60 Å². The third kappa shape index (κ3) is 9.68. The number of rotatable bonds is 13. The monoisotopic (exact) mass is 374 g/mol. The number of ether oxygens (including phenoxy) is 3. The van der Waals surface area contributed by atoms with Gasteiger partial charge in [-0.1, -0.05) is 20.8 Å². The minimum absolute atomic E-state index is 0.00746. The number of aliphatic hydroxyl groups is 1. The molecule has 0 saturated carbocycles. The van der Waals surface area contributed by atoms with Crippen molar-refractivity contribution in [3.63, 3.8) is 0 Å². The zero-order valence-corrected chi connectivity index (χ0v) is 19.4. The SMILES string of the molecule is CC(C)OCCC(C)(C)C(C)(C)OCC(C)C(C)(C)OCCC(C)(C)O. The van der Waals surface area contributed by atoms with Crippen LogP contribution < -0.4 is 0 Å². The summed E-state index contributed by atoms with van der Waals surface area (Å²) in [5, 5.41) is 9.84. The molecule has 26 heavy (non-hydrogen) atoms. The van der Waals surface area contributed by atoms with Crippen LogP contribution in [0.1, 0.15) is 89.0 Å². The van der Waals surface area contributed by atoms with Crippen molar-refractivity contribution in [2.24, 2.45) is 11.3 Å². The fourth-order valence-electron chi connectivity index (χ4n) is 2.29. The van der Waals surface area contributed by atoms with Crippen molar-refractivity contribution in [3.8, 4) is 0 Å². The zero-order chi connectivity index (χ0) is 20.8. The second kappa shape index (κ2) is 9.86. The number of hydrogen-bond donors (Lipinski definition) is 1. The highest BCUT2D eigenvalue weighted by molar-refractivity contribution is 4.88. The second-order valence-electron chi connectivity index (χ2n) is 10.3. The quantitative estimate of drug-likeness (QED) is 0.480. The zero-order valence-electron chi connectivity index (χ0n) is 19.4. The Bertz CT molecular complexity index is 391. The van der Waals surface area contributed by atoms with Crippen LogP contribution in [0, 0.1) is 11.3 Å². The summed E-state index contributed by atoms with van der Waals surface area (Å²) in [6.45, 7) is 24.8. The van der Waals surface area contributed by atoms with Gasteiger partial charge in [-0.05, 0) is 73.6 Å². The standard InChI is InChI=1S/C22H46O4/c1-17(2)24-14-12-19(4,5)22(10,11)26-16-18(3)21(8,9)25-15-13-20(6,7)23/h17-18,23H,12-16H2,1-11H3. The van der Waals surface area contributed by atoms with Gasteiger partial charge in [-0.3, -0.25) is 0 Å². The van der Waals surface area contributed by atoms with Crippen LogP contribution in [0.25, 0.3) is 0 Å². The summed E-state index contributed by atoms with van der Waals surface area (Å²) in [7, 11) is 0. The molecule has 0 aromatic heterocycles. The minimum atomic E-state index is -0.695. The first-order valence-corrected chi connectivity index (χ1v) is 10.1. The van der Waals surface area contributed by atoms with Gasteiger partial charge >= 0.3 is 0 Å². The summed E-state index contributed by atoms with van der Waals surface area (Å²) >= 11 is 0. The molecule has 0 aliphatic heterocycles. The van der Waals surface area contributed by atoms with E-state index in [0.717, 1.165) is 13.0 Å². The third-order valence-corrected chi connectivity index (χ3v) is 5.88. The molecule has 0 radical (unpaired) electrons. The van der Waals surface area contributed by atoms with Crippen molar-refractivity contribution in [1.29, 1.82) is 0 Å². The van der Waals surface area contributed by atoms with Crippen LogP contribution in [0.3, 0.4) is 0 Å². The smallest absolute Gasteiger partial charge is 0.0678 e. The predicted molar refractivity (Wildman–Crippen MR) is 110 cm³/mol. The topological polar surface area (TPSA) is 47.9 Å². The maximum absolute atomic E-state index is 9.84. The average molecular weight is 375 g/mol. The largest absolute Gasteiger partial charge is 0.390 e. The van der Waals surface area contributed by atoms with Crippen LogP contribution in [-0.4, -0.2) is 47.8 Å². The Hall–Kier alpha value is -0.160. The van der Waals surface area contributed by atoms with Crippen molar-refractivity contribution < 1.29 is 19.3 Å². The molecule has 0 rings (SSSR count). The molecule has 0 saturated heterocycles. The lowest BCUT2D eigenvalue weighted by atomic mass is 9.74. The number of hydrogen-bond acceptors (Lipinski definition) is 4. The summed E-state index contributed by atoms with van der Waals surface area (Å²) in [5.41, 5.74) is -1.25. The van der Waals surface area contributed by atoms with Crippen LogP contribution in [0.15, 0.2) is 0 Å². The van der Waals surface area contributed by atoms with Crippen LogP contribution in [0.4, 0.5) is 0 Å². The maximum atomic E-state index is 9.84. The first-order chi connectivity index (χ1) is 11.5. The van der Waals surface area contributed by atoms with Gasteiger partial charge in [0, 0.05) is 12.5 Å². The van der Waals surface area contributed by atoms with Crippen molar-refractivity contribution in [3.05, 3.63) is 0 Å². The fourth-order valence-corrected chi connectivity index (χ4v) is 2.29.